The lowest BCUT2D eigenvalue weighted by Crippen LogP contribution is -2.45. The number of fused-ring (bicyclic) bond motifs is 2. The van der Waals surface area contributed by atoms with Gasteiger partial charge in [0.25, 0.3) is 0 Å². The molecule has 0 unspecified atom stereocenters. The molecule has 0 saturated heterocycles. The zero-order valence-electron chi connectivity index (χ0n) is 26.3. The fraction of sp³-hybridized carbons (Fsp3) is 0.727. The van der Waals surface area contributed by atoms with Crippen LogP contribution >= 0.6 is 11.3 Å². The maximum atomic E-state index is 15.9. The van der Waals surface area contributed by atoms with E-state index in [1.54, 1.807) is 0 Å². The first kappa shape index (κ1) is 32.8. The van der Waals surface area contributed by atoms with Crippen LogP contribution in [0.1, 0.15) is 93.4 Å². The summed E-state index contributed by atoms with van der Waals surface area (Å²) in [6.45, 7) is 15.5. The zero-order chi connectivity index (χ0) is 30.1. The Hall–Kier alpha value is -1.09. The van der Waals surface area contributed by atoms with Crippen molar-refractivity contribution >= 4 is 39.7 Å². The minimum absolute atomic E-state index is 0.00609. The summed E-state index contributed by atoms with van der Waals surface area (Å²) < 4.78 is 50.2. The molecule has 0 bridgehead atoms. The van der Waals surface area contributed by atoms with E-state index in [0.29, 0.717) is 18.3 Å². The SMILES string of the molecule is CC[Si](CC)(CC)OC(C)(C)CC[C@@H](F)[C@@H](C)[C@H]1CC[C@H]2C(=CCS(=O)(=O)c3nc4ccccc4s3)CCC[C@]12C. The number of sulfone groups is 1. The molecule has 0 radical (unpaired) electrons. The summed E-state index contributed by atoms with van der Waals surface area (Å²) in [5.41, 5.74) is 1.73. The van der Waals surface area contributed by atoms with Gasteiger partial charge in [-0.2, -0.15) is 0 Å². The first-order valence-electron chi connectivity index (χ1n) is 15.9. The van der Waals surface area contributed by atoms with E-state index < -0.39 is 24.3 Å². The van der Waals surface area contributed by atoms with E-state index in [1.807, 2.05) is 30.3 Å². The van der Waals surface area contributed by atoms with Crippen LogP contribution in [0.5, 0.6) is 0 Å². The van der Waals surface area contributed by atoms with Crippen molar-refractivity contribution in [1.82, 2.24) is 4.98 Å². The van der Waals surface area contributed by atoms with Crippen molar-refractivity contribution < 1.29 is 17.2 Å². The Morgan fingerprint density at radius 1 is 1.20 bits per heavy atom. The van der Waals surface area contributed by atoms with Gasteiger partial charge in [0.05, 0.1) is 21.6 Å². The minimum Gasteiger partial charge on any atom is -0.412 e. The van der Waals surface area contributed by atoms with E-state index >= 15 is 4.39 Å². The summed E-state index contributed by atoms with van der Waals surface area (Å²) in [6, 6.07) is 10.9. The number of alkyl halides is 1. The number of benzene rings is 1. The topological polar surface area (TPSA) is 56.3 Å². The third-order valence-corrected chi connectivity index (χ3v) is 18.7. The van der Waals surface area contributed by atoms with Crippen LogP contribution < -0.4 is 0 Å². The standard InChI is InChI=1S/C33H52FNO3S2Si/c1-8-41(9-2,10-3)38-32(5,6)22-19-28(34)24(4)26-17-18-27-25(14-13-21-33(26,27)7)20-23-40(36,37)31-35-29-15-11-12-16-30(29)39-31/h11-12,15-16,20,24,26-28H,8-10,13-14,17-19,21-23H2,1-7H3/t24-,26+,27-,28+,33+/m0/s1. The maximum Gasteiger partial charge on any atom is 0.210 e. The number of allylic oxidation sites excluding steroid dienone is 1. The normalized spacial score (nSPS) is 26.4. The number of para-hydroxylation sites is 1. The van der Waals surface area contributed by atoms with Crippen LogP contribution in [-0.2, 0) is 14.3 Å². The fourth-order valence-corrected chi connectivity index (χ4v) is 13.8. The molecule has 1 aromatic heterocycles. The highest BCUT2D eigenvalue weighted by Gasteiger charge is 2.52. The third-order valence-electron chi connectivity index (χ3n) is 10.8. The van der Waals surface area contributed by atoms with Crippen molar-refractivity contribution in [2.45, 2.75) is 128 Å². The number of rotatable bonds is 13. The van der Waals surface area contributed by atoms with Crippen molar-refractivity contribution in [2.24, 2.45) is 23.2 Å². The largest absolute Gasteiger partial charge is 0.412 e. The Morgan fingerprint density at radius 2 is 1.88 bits per heavy atom. The molecule has 4 rings (SSSR count). The quantitative estimate of drug-likeness (QED) is 0.165. The third kappa shape index (κ3) is 7.02. The highest BCUT2D eigenvalue weighted by molar-refractivity contribution is 7.93. The van der Waals surface area contributed by atoms with E-state index in [0.717, 1.165) is 66.9 Å². The maximum absolute atomic E-state index is 15.9. The number of thiazole rings is 1. The predicted molar refractivity (Wildman–Crippen MR) is 174 cm³/mol. The van der Waals surface area contributed by atoms with E-state index in [4.69, 9.17) is 4.43 Å². The van der Waals surface area contributed by atoms with Crippen LogP contribution in [0.25, 0.3) is 10.2 Å². The molecule has 1 aromatic carbocycles. The van der Waals surface area contributed by atoms with Gasteiger partial charge in [0.1, 0.15) is 6.17 Å². The van der Waals surface area contributed by atoms with Gasteiger partial charge in [-0.05, 0) is 112 Å². The second-order valence-corrected chi connectivity index (χ2v) is 21.6. The molecular formula is C33H52FNO3S2Si. The van der Waals surface area contributed by atoms with Gasteiger partial charge in [-0.1, -0.05) is 58.4 Å². The smallest absolute Gasteiger partial charge is 0.210 e. The fourth-order valence-electron chi connectivity index (χ4n) is 8.06. The van der Waals surface area contributed by atoms with Crippen LogP contribution in [-0.4, -0.2) is 39.2 Å². The Balaban J connectivity index is 1.41. The van der Waals surface area contributed by atoms with E-state index in [9.17, 15) is 8.42 Å². The predicted octanol–water partition coefficient (Wildman–Crippen LogP) is 9.77. The van der Waals surface area contributed by atoms with Gasteiger partial charge in [0.2, 0.25) is 14.2 Å². The Labute approximate surface area is 253 Å². The molecule has 0 spiro atoms. The number of hydrogen-bond donors (Lipinski definition) is 0. The van der Waals surface area contributed by atoms with Gasteiger partial charge in [-0.3, -0.25) is 0 Å². The molecule has 0 amide bonds. The van der Waals surface area contributed by atoms with Crippen LogP contribution in [0, 0.1) is 23.2 Å². The Kier molecular flexibility index (Phi) is 10.3. The molecule has 0 N–H and O–H groups in total. The average Bonchev–Trinajstić information content (AvgIpc) is 3.55. The number of hydrogen-bond acceptors (Lipinski definition) is 5. The zero-order valence-corrected chi connectivity index (χ0v) is 29.0. The van der Waals surface area contributed by atoms with Gasteiger partial charge in [-0.15, -0.1) is 11.3 Å². The number of halogens is 1. The number of aromatic nitrogens is 1. The van der Waals surface area contributed by atoms with Crippen molar-refractivity contribution in [3.05, 3.63) is 35.9 Å². The van der Waals surface area contributed by atoms with Crippen molar-refractivity contribution in [1.29, 1.82) is 0 Å². The van der Waals surface area contributed by atoms with Crippen LogP contribution in [0.15, 0.2) is 40.3 Å². The molecule has 0 aliphatic heterocycles. The monoisotopic (exact) mass is 621 g/mol. The molecule has 2 aliphatic carbocycles. The van der Waals surface area contributed by atoms with Gasteiger partial charge in [-0.25, -0.2) is 17.8 Å². The van der Waals surface area contributed by atoms with Crippen molar-refractivity contribution in [3.8, 4) is 0 Å². The molecule has 5 atom stereocenters. The molecule has 1 heterocycles. The van der Waals surface area contributed by atoms with Crippen molar-refractivity contribution in [2.75, 3.05) is 5.75 Å². The second kappa shape index (κ2) is 12.9. The summed E-state index contributed by atoms with van der Waals surface area (Å²) in [7, 11) is -5.24. The van der Waals surface area contributed by atoms with Crippen LogP contribution in [0.3, 0.4) is 0 Å². The van der Waals surface area contributed by atoms with E-state index in [1.165, 1.54) is 16.9 Å². The van der Waals surface area contributed by atoms with Gasteiger partial charge in [0, 0.05) is 0 Å². The van der Waals surface area contributed by atoms with Crippen LogP contribution in [0.4, 0.5) is 4.39 Å². The van der Waals surface area contributed by atoms with Gasteiger partial charge >= 0.3 is 0 Å². The molecule has 230 valence electrons. The first-order valence-corrected chi connectivity index (χ1v) is 20.9. The molecule has 2 aromatic rings. The molecule has 4 nitrogen and oxygen atoms in total. The lowest BCUT2D eigenvalue weighted by atomic mass is 9.60. The molecule has 2 fully saturated rings. The summed E-state index contributed by atoms with van der Waals surface area (Å²) in [4.78, 5) is 4.40. The lowest BCUT2D eigenvalue weighted by molar-refractivity contribution is 0.0358. The van der Waals surface area contributed by atoms with Crippen LogP contribution in [0.2, 0.25) is 18.1 Å². The summed E-state index contributed by atoms with van der Waals surface area (Å²) >= 11 is 1.25. The minimum atomic E-state index is -3.49. The summed E-state index contributed by atoms with van der Waals surface area (Å²) in [6.07, 6.45) is 7.53. The number of nitrogens with zero attached hydrogens (tertiary/aromatic N) is 1. The lowest BCUT2D eigenvalue weighted by Gasteiger charge is -2.45. The van der Waals surface area contributed by atoms with E-state index in [-0.39, 0.29) is 27.0 Å². The molecule has 8 heteroatoms. The molecule has 2 saturated carbocycles. The average molecular weight is 622 g/mol. The molecular weight excluding hydrogens is 570 g/mol. The van der Waals surface area contributed by atoms with E-state index in [2.05, 4.69) is 53.5 Å². The van der Waals surface area contributed by atoms with Gasteiger partial charge < -0.3 is 4.43 Å². The van der Waals surface area contributed by atoms with Gasteiger partial charge in [0.15, 0.2) is 8.32 Å². The molecule has 2 aliphatic rings. The summed E-state index contributed by atoms with van der Waals surface area (Å²) in [5, 5.41) is 0. The second-order valence-electron chi connectivity index (χ2n) is 13.6. The highest BCUT2D eigenvalue weighted by atomic mass is 32.2. The van der Waals surface area contributed by atoms with Crippen molar-refractivity contribution in [3.63, 3.8) is 0 Å². The first-order chi connectivity index (χ1) is 19.3. The Bertz CT molecular complexity index is 1280. The highest BCUT2D eigenvalue weighted by Crippen LogP contribution is 2.60. The Morgan fingerprint density at radius 3 is 2.54 bits per heavy atom. The molecule has 41 heavy (non-hydrogen) atoms. The summed E-state index contributed by atoms with van der Waals surface area (Å²) in [5.74, 6) is 0.628.